The number of pyridine rings is 1. The van der Waals surface area contributed by atoms with Crippen LogP contribution >= 0.6 is 23.2 Å². The van der Waals surface area contributed by atoms with Crippen molar-refractivity contribution in [1.82, 2.24) is 15.2 Å². The van der Waals surface area contributed by atoms with Crippen molar-refractivity contribution in [3.05, 3.63) is 105 Å². The molecule has 10 heteroatoms. The number of ether oxygens (including phenoxy) is 3. The number of fused-ring (bicyclic) bond motifs is 1. The first kappa shape index (κ1) is 35.3. The molecule has 1 saturated carbocycles. The molecule has 0 radical (unpaired) electrons. The molecule has 1 saturated heterocycles. The fraction of sp³-hybridized carbons (Fsp3) is 0.390. The van der Waals surface area contributed by atoms with E-state index in [4.69, 9.17) is 37.4 Å². The lowest BCUT2D eigenvalue weighted by Gasteiger charge is -2.30. The minimum absolute atomic E-state index is 0.203. The van der Waals surface area contributed by atoms with Crippen LogP contribution in [0.4, 0.5) is 0 Å². The zero-order chi connectivity index (χ0) is 35.2. The van der Waals surface area contributed by atoms with Crippen molar-refractivity contribution in [2.45, 2.75) is 64.2 Å². The highest BCUT2D eigenvalue weighted by molar-refractivity contribution is 6.35. The molecule has 1 N–H and O–H groups in total. The Hall–Kier alpha value is -4.13. The van der Waals surface area contributed by atoms with Gasteiger partial charge in [0.15, 0.2) is 0 Å². The van der Waals surface area contributed by atoms with E-state index in [-0.39, 0.29) is 12.7 Å². The third kappa shape index (κ3) is 8.51. The molecule has 2 heterocycles. The van der Waals surface area contributed by atoms with Crippen molar-refractivity contribution < 1.29 is 19.0 Å². The predicted molar refractivity (Wildman–Crippen MR) is 199 cm³/mol. The lowest BCUT2D eigenvalue weighted by atomic mass is 9.96. The topological polar surface area (TPSA) is 96.7 Å². The Labute approximate surface area is 309 Å². The quantitative estimate of drug-likeness (QED) is 0.122. The number of rotatable bonds is 15. The zero-order valence-corrected chi connectivity index (χ0v) is 30.1. The molecule has 3 aromatic carbocycles. The van der Waals surface area contributed by atoms with Gasteiger partial charge in [-0.25, -0.2) is 0 Å². The number of nitrogens with one attached hydrogen (secondary N) is 1. The van der Waals surface area contributed by atoms with Crippen LogP contribution in [0.15, 0.2) is 67.0 Å². The summed E-state index contributed by atoms with van der Waals surface area (Å²) >= 11 is 13.9. The molecular weight excluding hydrogens is 683 g/mol. The summed E-state index contributed by atoms with van der Waals surface area (Å²) in [5.41, 5.74) is 6.50. The van der Waals surface area contributed by atoms with Crippen molar-refractivity contribution >= 4 is 29.0 Å². The summed E-state index contributed by atoms with van der Waals surface area (Å²) in [5, 5.41) is 14.0. The maximum Gasteiger partial charge on any atom is 0.142 e. The van der Waals surface area contributed by atoms with Crippen LogP contribution < -0.4 is 19.5 Å². The van der Waals surface area contributed by atoms with E-state index in [0.29, 0.717) is 70.6 Å². The van der Waals surface area contributed by atoms with Crippen molar-refractivity contribution in [3.63, 3.8) is 0 Å². The van der Waals surface area contributed by atoms with Gasteiger partial charge < -0.3 is 24.4 Å². The second kappa shape index (κ2) is 16.5. The minimum Gasteiger partial charge on any atom is -0.492 e. The first-order valence-corrected chi connectivity index (χ1v) is 18.6. The maximum atomic E-state index is 11.8. The van der Waals surface area contributed by atoms with Gasteiger partial charge in [0.25, 0.3) is 0 Å². The molecule has 264 valence electrons. The third-order valence-corrected chi connectivity index (χ3v) is 10.8. The molecule has 2 fully saturated rings. The summed E-state index contributed by atoms with van der Waals surface area (Å²) in [5.74, 6) is 2.56. The van der Waals surface area contributed by atoms with Gasteiger partial charge in [0.2, 0.25) is 0 Å². The summed E-state index contributed by atoms with van der Waals surface area (Å²) < 4.78 is 19.1. The average Bonchev–Trinajstić information content (AvgIpc) is 3.74. The van der Waals surface area contributed by atoms with E-state index in [9.17, 15) is 10.1 Å². The number of ketones is 1. The molecule has 1 aromatic heterocycles. The Balaban J connectivity index is 1.08. The van der Waals surface area contributed by atoms with Crippen LogP contribution in [0.3, 0.4) is 0 Å². The maximum absolute atomic E-state index is 11.8. The Morgan fingerprint density at radius 2 is 1.82 bits per heavy atom. The lowest BCUT2D eigenvalue weighted by molar-refractivity contribution is -0.117. The summed E-state index contributed by atoms with van der Waals surface area (Å²) in [6.07, 6.45) is 9.11. The molecule has 4 aromatic rings. The predicted octanol–water partition coefficient (Wildman–Crippen LogP) is 8.51. The number of nitrogens with zero attached hydrogens (tertiary/aromatic N) is 3. The van der Waals surface area contributed by atoms with Gasteiger partial charge in [0.1, 0.15) is 41.8 Å². The van der Waals surface area contributed by atoms with Gasteiger partial charge in [-0.1, -0.05) is 53.5 Å². The van der Waals surface area contributed by atoms with Gasteiger partial charge in [0.05, 0.1) is 22.2 Å². The number of likely N-dealkylation sites (tertiary alicyclic amines) is 1. The smallest absolute Gasteiger partial charge is 0.142 e. The number of hydrogen-bond acceptors (Lipinski definition) is 8. The number of Topliss-reactive ketones (excluding diaryl/α,β-unsaturated/α-hetero) is 1. The molecule has 0 amide bonds. The highest BCUT2D eigenvalue weighted by atomic mass is 35.5. The van der Waals surface area contributed by atoms with Crippen LogP contribution in [0.1, 0.15) is 72.4 Å². The second-order valence-electron chi connectivity index (χ2n) is 13.7. The normalized spacial score (nSPS) is 18.3. The largest absolute Gasteiger partial charge is 0.492 e. The van der Waals surface area contributed by atoms with Gasteiger partial charge in [-0.15, -0.1) is 0 Å². The lowest BCUT2D eigenvalue weighted by Crippen LogP contribution is -2.38. The molecule has 0 unspecified atom stereocenters. The van der Waals surface area contributed by atoms with Crippen LogP contribution in [0.2, 0.25) is 10.0 Å². The highest BCUT2D eigenvalue weighted by Gasteiger charge is 2.29. The van der Waals surface area contributed by atoms with Crippen molar-refractivity contribution in [1.29, 1.82) is 5.26 Å². The molecule has 2 atom stereocenters. The molecule has 7 rings (SSSR count). The molecule has 8 nitrogen and oxygen atoms in total. The van der Waals surface area contributed by atoms with Crippen molar-refractivity contribution in [2.75, 3.05) is 32.8 Å². The first-order chi connectivity index (χ1) is 24.9. The molecule has 51 heavy (non-hydrogen) atoms. The van der Waals surface area contributed by atoms with Crippen molar-refractivity contribution in [3.8, 4) is 34.4 Å². The molecule has 0 bridgehead atoms. The number of halogens is 2. The van der Waals surface area contributed by atoms with Gasteiger partial charge in [-0.3, -0.25) is 9.78 Å². The second-order valence-corrected chi connectivity index (χ2v) is 14.5. The standard InChI is InChI=1S/C41H42Cl2N4O4/c42-36-19-30(25-46-22-27-9-10-31(48)18-27)39(50-26-29-17-28(21-44)23-45-24-29)20-40(36)51-37-12-11-33-32(5-1-6-34(33)37)35-7-2-8-38(41(35)43)49-16-4-15-47-13-3-14-47/h1-2,5-8,17,19-20,23-24,27,37,46H,3-4,9-16,18,22,25-26H2/t27-,37+/m1/s1. The van der Waals surface area contributed by atoms with Gasteiger partial charge in [-0.05, 0) is 92.5 Å². The van der Waals surface area contributed by atoms with E-state index in [0.717, 1.165) is 66.6 Å². The van der Waals surface area contributed by atoms with E-state index >= 15 is 0 Å². The fourth-order valence-corrected chi connectivity index (χ4v) is 7.77. The summed E-state index contributed by atoms with van der Waals surface area (Å²) in [4.78, 5) is 18.4. The Kier molecular flexibility index (Phi) is 11.4. The number of aromatic nitrogens is 1. The summed E-state index contributed by atoms with van der Waals surface area (Å²) in [6, 6.07) is 20.0. The minimum atomic E-state index is -0.203. The summed E-state index contributed by atoms with van der Waals surface area (Å²) in [7, 11) is 0. The first-order valence-electron chi connectivity index (χ1n) is 17.9. The summed E-state index contributed by atoms with van der Waals surface area (Å²) in [6.45, 7) is 5.56. The van der Waals surface area contributed by atoms with E-state index in [1.807, 2.05) is 24.3 Å². The van der Waals surface area contributed by atoms with E-state index in [1.54, 1.807) is 12.3 Å². The number of nitriles is 1. The molecule has 2 aliphatic carbocycles. The highest BCUT2D eigenvalue weighted by Crippen LogP contribution is 2.45. The molecule has 1 aliphatic heterocycles. The van der Waals surface area contributed by atoms with E-state index in [2.05, 4.69) is 45.5 Å². The SMILES string of the molecule is N#Cc1cncc(COc2cc(O[C@H]3CCc4c(-c5cccc(OCCCN6CCC6)c5Cl)cccc43)c(Cl)cc2CNC[C@@H]2CCC(=O)C2)c1. The van der Waals surface area contributed by atoms with Gasteiger partial charge >= 0.3 is 0 Å². The zero-order valence-electron chi connectivity index (χ0n) is 28.6. The third-order valence-electron chi connectivity index (χ3n) is 10.1. The average molecular weight is 726 g/mol. The number of carbonyl (C=O) groups excluding carboxylic acids is 1. The van der Waals surface area contributed by atoms with E-state index in [1.165, 1.54) is 31.3 Å². The Morgan fingerprint density at radius 1 is 0.961 bits per heavy atom. The van der Waals surface area contributed by atoms with Gasteiger partial charge in [-0.2, -0.15) is 5.26 Å². The Bertz CT molecular complexity index is 1920. The van der Waals surface area contributed by atoms with Crippen LogP contribution in [-0.4, -0.2) is 48.5 Å². The molecular formula is C41H42Cl2N4O4. The number of carbonyl (C=O) groups is 1. The van der Waals surface area contributed by atoms with Crippen molar-refractivity contribution in [2.24, 2.45) is 5.92 Å². The molecule has 0 spiro atoms. The van der Waals surface area contributed by atoms with Gasteiger partial charge in [0, 0.05) is 61.1 Å². The fourth-order valence-electron chi connectivity index (χ4n) is 7.25. The molecule has 3 aliphatic rings. The van der Waals surface area contributed by atoms with Crippen LogP contribution in [0, 0.1) is 17.2 Å². The van der Waals surface area contributed by atoms with E-state index < -0.39 is 0 Å². The van der Waals surface area contributed by atoms with Crippen LogP contribution in [-0.2, 0) is 24.4 Å². The van der Waals surface area contributed by atoms with Crippen LogP contribution in [0.25, 0.3) is 11.1 Å². The monoisotopic (exact) mass is 724 g/mol. The van der Waals surface area contributed by atoms with Crippen LogP contribution in [0.5, 0.6) is 17.2 Å². The number of benzene rings is 3. The Morgan fingerprint density at radius 3 is 2.63 bits per heavy atom. The number of hydrogen-bond donors (Lipinski definition) is 1.